The molecule has 1 aliphatic rings. The fraction of sp³-hybridized carbons (Fsp3) is 0.333. The molecule has 2 heterocycles. The lowest BCUT2D eigenvalue weighted by atomic mass is 10.0. The van der Waals surface area contributed by atoms with E-state index in [4.69, 9.17) is 4.74 Å². The summed E-state index contributed by atoms with van der Waals surface area (Å²) >= 11 is 0. The van der Waals surface area contributed by atoms with Gasteiger partial charge in [-0.25, -0.2) is 0 Å². The highest BCUT2D eigenvalue weighted by Gasteiger charge is 2.28. The number of nitrogens with zero attached hydrogens (tertiary/aromatic N) is 1. The Morgan fingerprint density at radius 3 is 1.97 bits per heavy atom. The molecular formula is C27H31N3O3. The van der Waals surface area contributed by atoms with E-state index in [0.29, 0.717) is 31.0 Å². The van der Waals surface area contributed by atoms with Gasteiger partial charge in [-0.3, -0.25) is 9.59 Å². The zero-order valence-corrected chi connectivity index (χ0v) is 19.2. The molecule has 0 aliphatic carbocycles. The number of carbonyl (C=O) groups excluding carboxylic acids is 2. The van der Waals surface area contributed by atoms with Crippen molar-refractivity contribution in [2.75, 3.05) is 6.61 Å². The Bertz CT molecular complexity index is 1010. The fourth-order valence-electron chi connectivity index (χ4n) is 4.39. The minimum Gasteiger partial charge on any atom is -0.373 e. The smallest absolute Gasteiger partial charge is 0.268 e. The Hall–Kier alpha value is -3.38. The molecule has 0 saturated heterocycles. The van der Waals surface area contributed by atoms with Crippen molar-refractivity contribution in [3.63, 3.8) is 0 Å². The number of benzene rings is 2. The van der Waals surface area contributed by atoms with Gasteiger partial charge in [0, 0.05) is 6.54 Å². The quantitative estimate of drug-likeness (QED) is 0.524. The highest BCUT2D eigenvalue weighted by atomic mass is 16.5. The van der Waals surface area contributed by atoms with Gasteiger partial charge in [-0.15, -0.1) is 0 Å². The molecule has 2 N–H and O–H groups in total. The largest absolute Gasteiger partial charge is 0.373 e. The van der Waals surface area contributed by atoms with Crippen molar-refractivity contribution < 1.29 is 14.3 Å². The second kappa shape index (κ2) is 10.5. The lowest BCUT2D eigenvalue weighted by molar-refractivity contribution is 0.0773. The molecule has 3 aromatic rings. The van der Waals surface area contributed by atoms with Gasteiger partial charge in [0.25, 0.3) is 11.8 Å². The molecule has 0 saturated carbocycles. The van der Waals surface area contributed by atoms with Crippen LogP contribution < -0.4 is 10.6 Å². The Morgan fingerprint density at radius 2 is 1.42 bits per heavy atom. The molecule has 2 amide bonds. The summed E-state index contributed by atoms with van der Waals surface area (Å²) in [6.45, 7) is 5.47. The van der Waals surface area contributed by atoms with Gasteiger partial charge in [-0.05, 0) is 30.0 Å². The van der Waals surface area contributed by atoms with Gasteiger partial charge in [-0.2, -0.15) is 0 Å². The predicted octanol–water partition coefficient (Wildman–Crippen LogP) is 4.78. The summed E-state index contributed by atoms with van der Waals surface area (Å²) in [5.74, 6) is -0.364. The van der Waals surface area contributed by atoms with Gasteiger partial charge in [-0.1, -0.05) is 74.5 Å². The molecule has 4 rings (SSSR count). The van der Waals surface area contributed by atoms with E-state index < -0.39 is 0 Å². The zero-order chi connectivity index (χ0) is 23.2. The first-order valence-electron chi connectivity index (χ1n) is 11.6. The van der Waals surface area contributed by atoms with Gasteiger partial charge in [0.15, 0.2) is 0 Å². The van der Waals surface area contributed by atoms with Crippen LogP contribution in [0, 0.1) is 0 Å². The minimum atomic E-state index is -0.186. The summed E-state index contributed by atoms with van der Waals surface area (Å²) in [5, 5.41) is 6.29. The third-order valence-corrected chi connectivity index (χ3v) is 6.21. The molecule has 6 heteroatoms. The molecular weight excluding hydrogens is 414 g/mol. The summed E-state index contributed by atoms with van der Waals surface area (Å²) in [4.78, 5) is 26.6. The number of nitrogens with one attached hydrogen (secondary N) is 2. The number of amides is 2. The van der Waals surface area contributed by atoms with Crippen LogP contribution in [0.15, 0.2) is 66.7 Å². The van der Waals surface area contributed by atoms with Crippen LogP contribution in [0.25, 0.3) is 0 Å². The number of hydrogen-bond donors (Lipinski definition) is 2. The standard InChI is InChI=1S/C27H31N3O3/c1-3-22(19-11-7-5-8-12-19)28-26(31)21-17-24(30-15-16-33-18-25(21)30)27(32)29-23(4-2)20-13-9-6-10-14-20/h5-14,17,22-23H,3-4,15-16,18H2,1-2H3,(H,28,31)(H,29,32)/t22-,23?/m1/s1. The number of carbonyl (C=O) groups is 2. The summed E-state index contributed by atoms with van der Waals surface area (Å²) in [7, 11) is 0. The van der Waals surface area contributed by atoms with E-state index in [1.807, 2.05) is 79.1 Å². The van der Waals surface area contributed by atoms with Gasteiger partial charge in [0.05, 0.1) is 36.6 Å². The highest BCUT2D eigenvalue weighted by molar-refractivity contribution is 6.01. The Morgan fingerprint density at radius 1 is 0.879 bits per heavy atom. The SMILES string of the molecule is CCC(NC(=O)c1cc(C(=O)N[C@H](CC)c2ccccc2)c2n1CCOC2)c1ccccc1. The summed E-state index contributed by atoms with van der Waals surface area (Å²) in [6.07, 6.45) is 1.54. The van der Waals surface area contributed by atoms with Crippen LogP contribution in [0.1, 0.15) is 76.4 Å². The Kier molecular flexibility index (Phi) is 7.25. The van der Waals surface area contributed by atoms with Gasteiger partial charge in [0.2, 0.25) is 0 Å². The molecule has 2 atom stereocenters. The third-order valence-electron chi connectivity index (χ3n) is 6.21. The maximum Gasteiger partial charge on any atom is 0.268 e. The number of hydrogen-bond acceptors (Lipinski definition) is 3. The first kappa shape index (κ1) is 22.8. The molecule has 0 spiro atoms. The van der Waals surface area contributed by atoms with E-state index in [0.717, 1.165) is 29.7 Å². The minimum absolute atomic E-state index is 0.0930. The lowest BCUT2D eigenvalue weighted by Gasteiger charge is -2.22. The number of rotatable bonds is 8. The van der Waals surface area contributed by atoms with Crippen LogP contribution in [-0.2, 0) is 17.9 Å². The Labute approximate surface area is 195 Å². The van der Waals surface area contributed by atoms with Crippen molar-refractivity contribution in [3.05, 3.63) is 94.8 Å². The van der Waals surface area contributed by atoms with E-state index in [-0.39, 0.29) is 23.9 Å². The first-order valence-corrected chi connectivity index (χ1v) is 11.6. The van der Waals surface area contributed by atoms with Gasteiger partial charge in [0.1, 0.15) is 5.69 Å². The van der Waals surface area contributed by atoms with E-state index >= 15 is 0 Å². The van der Waals surface area contributed by atoms with Crippen molar-refractivity contribution in [1.82, 2.24) is 15.2 Å². The topological polar surface area (TPSA) is 72.4 Å². The van der Waals surface area contributed by atoms with E-state index in [2.05, 4.69) is 10.6 Å². The van der Waals surface area contributed by atoms with Crippen LogP contribution in [0.3, 0.4) is 0 Å². The molecule has 1 unspecified atom stereocenters. The number of ether oxygens (including phenoxy) is 1. The van der Waals surface area contributed by atoms with Crippen LogP contribution in [0.5, 0.6) is 0 Å². The lowest BCUT2D eigenvalue weighted by Crippen LogP contribution is -2.31. The molecule has 0 fully saturated rings. The first-order chi connectivity index (χ1) is 16.1. The summed E-state index contributed by atoms with van der Waals surface area (Å²) in [5.41, 5.74) is 3.88. The maximum atomic E-state index is 13.3. The van der Waals surface area contributed by atoms with Crippen molar-refractivity contribution in [2.45, 2.75) is 51.9 Å². The van der Waals surface area contributed by atoms with E-state index in [9.17, 15) is 9.59 Å². The molecule has 172 valence electrons. The van der Waals surface area contributed by atoms with Crippen molar-refractivity contribution >= 4 is 11.8 Å². The molecule has 33 heavy (non-hydrogen) atoms. The van der Waals surface area contributed by atoms with E-state index in [1.54, 1.807) is 6.07 Å². The zero-order valence-electron chi connectivity index (χ0n) is 19.2. The Balaban J connectivity index is 1.58. The average molecular weight is 446 g/mol. The van der Waals surface area contributed by atoms with Crippen LogP contribution in [0.2, 0.25) is 0 Å². The van der Waals surface area contributed by atoms with Crippen molar-refractivity contribution in [3.8, 4) is 0 Å². The summed E-state index contributed by atoms with van der Waals surface area (Å²) in [6, 6.07) is 21.4. The summed E-state index contributed by atoms with van der Waals surface area (Å²) < 4.78 is 7.56. The molecule has 2 aromatic carbocycles. The molecule has 6 nitrogen and oxygen atoms in total. The molecule has 0 bridgehead atoms. The molecule has 0 radical (unpaired) electrons. The number of fused-ring (bicyclic) bond motifs is 1. The van der Waals surface area contributed by atoms with Crippen LogP contribution in [-0.4, -0.2) is 23.0 Å². The van der Waals surface area contributed by atoms with Crippen LogP contribution in [0.4, 0.5) is 0 Å². The monoisotopic (exact) mass is 445 g/mol. The normalized spacial score (nSPS) is 14.7. The number of aromatic nitrogens is 1. The van der Waals surface area contributed by atoms with Crippen molar-refractivity contribution in [2.24, 2.45) is 0 Å². The predicted molar refractivity (Wildman–Crippen MR) is 128 cm³/mol. The highest BCUT2D eigenvalue weighted by Crippen LogP contribution is 2.24. The fourth-order valence-corrected chi connectivity index (χ4v) is 4.39. The third kappa shape index (κ3) is 5.01. The molecule has 1 aliphatic heterocycles. The van der Waals surface area contributed by atoms with E-state index in [1.165, 1.54) is 0 Å². The van der Waals surface area contributed by atoms with Gasteiger partial charge < -0.3 is 19.9 Å². The van der Waals surface area contributed by atoms with Gasteiger partial charge >= 0.3 is 0 Å². The maximum absolute atomic E-state index is 13.3. The average Bonchev–Trinajstić information content (AvgIpc) is 3.26. The van der Waals surface area contributed by atoms with Crippen molar-refractivity contribution in [1.29, 1.82) is 0 Å². The second-order valence-corrected chi connectivity index (χ2v) is 8.28. The second-order valence-electron chi connectivity index (χ2n) is 8.28. The molecule has 1 aromatic heterocycles. The van der Waals surface area contributed by atoms with Crippen LogP contribution >= 0.6 is 0 Å².